The van der Waals surface area contributed by atoms with Crippen LogP contribution < -0.4 is 20.4 Å². The summed E-state index contributed by atoms with van der Waals surface area (Å²) in [6, 6.07) is 9.37. The molecule has 4 heterocycles. The Bertz CT molecular complexity index is 1180. The van der Waals surface area contributed by atoms with Crippen molar-refractivity contribution in [1.29, 1.82) is 0 Å². The minimum Gasteiger partial charge on any atom is -0.464 e. The Labute approximate surface area is 202 Å². The molecule has 2 aliphatic heterocycles. The van der Waals surface area contributed by atoms with Gasteiger partial charge in [-0.05, 0) is 18.2 Å². The second-order valence-corrected chi connectivity index (χ2v) is 8.40. The van der Waals surface area contributed by atoms with Crippen LogP contribution in [-0.4, -0.2) is 80.6 Å². The van der Waals surface area contributed by atoms with Crippen molar-refractivity contribution in [2.24, 2.45) is 5.10 Å². The molecule has 1 N–H and O–H groups in total. The SMILES string of the molecule is Clc1ccc2occ/c(=N\Nc3cc(N4CCOCC4)nc(OCCN4CCOCC4)n3)c2c1. The molecule has 2 aromatic heterocycles. The molecule has 0 aliphatic carbocycles. The number of benzene rings is 1. The van der Waals surface area contributed by atoms with Crippen molar-refractivity contribution in [3.63, 3.8) is 0 Å². The van der Waals surface area contributed by atoms with Crippen molar-refractivity contribution in [2.75, 3.05) is 76.1 Å². The van der Waals surface area contributed by atoms with Gasteiger partial charge in [0.2, 0.25) is 0 Å². The highest BCUT2D eigenvalue weighted by Gasteiger charge is 2.16. The van der Waals surface area contributed by atoms with Gasteiger partial charge in [0.05, 0.1) is 38.0 Å². The number of anilines is 2. The first kappa shape index (κ1) is 22.9. The molecule has 0 unspecified atom stereocenters. The number of ether oxygens (including phenoxy) is 3. The van der Waals surface area contributed by atoms with Crippen LogP contribution in [0.1, 0.15) is 0 Å². The summed E-state index contributed by atoms with van der Waals surface area (Å²) in [5, 5.41) is 6.64. The summed E-state index contributed by atoms with van der Waals surface area (Å²) >= 11 is 6.17. The summed E-state index contributed by atoms with van der Waals surface area (Å²) in [6.45, 7) is 7.44. The number of hydrogen-bond acceptors (Lipinski definition) is 10. The molecule has 0 amide bonds. The zero-order valence-corrected chi connectivity index (χ0v) is 19.5. The summed E-state index contributed by atoms with van der Waals surface area (Å²) in [5.74, 6) is 1.31. The van der Waals surface area contributed by atoms with Crippen LogP contribution in [0.15, 0.2) is 46.1 Å². The second-order valence-electron chi connectivity index (χ2n) is 7.97. The van der Waals surface area contributed by atoms with Crippen molar-refractivity contribution in [1.82, 2.24) is 14.9 Å². The van der Waals surface area contributed by atoms with Gasteiger partial charge in [-0.3, -0.25) is 10.3 Å². The van der Waals surface area contributed by atoms with Crippen LogP contribution in [0.3, 0.4) is 0 Å². The predicted octanol–water partition coefficient (Wildman–Crippen LogP) is 2.35. The van der Waals surface area contributed by atoms with E-state index in [0.717, 1.165) is 57.1 Å². The van der Waals surface area contributed by atoms with Gasteiger partial charge in [-0.15, -0.1) is 0 Å². The molecule has 1 aromatic carbocycles. The Kier molecular flexibility index (Phi) is 7.40. The third kappa shape index (κ3) is 5.76. The van der Waals surface area contributed by atoms with Crippen molar-refractivity contribution in [3.8, 4) is 6.01 Å². The first-order valence-corrected chi connectivity index (χ1v) is 11.7. The highest BCUT2D eigenvalue weighted by atomic mass is 35.5. The lowest BCUT2D eigenvalue weighted by Gasteiger charge is -2.28. The normalized spacial score (nSPS) is 17.8. The molecular weight excluding hydrogens is 460 g/mol. The maximum atomic E-state index is 6.17. The molecule has 0 atom stereocenters. The van der Waals surface area contributed by atoms with Crippen molar-refractivity contribution in [3.05, 3.63) is 47.0 Å². The molecule has 0 bridgehead atoms. The number of nitrogens with zero attached hydrogens (tertiary/aromatic N) is 5. The Balaban J connectivity index is 1.37. The molecule has 2 saturated heterocycles. The molecular formula is C23H27ClN6O4. The lowest BCUT2D eigenvalue weighted by atomic mass is 10.2. The lowest BCUT2D eigenvalue weighted by molar-refractivity contribution is 0.0317. The number of fused-ring (bicyclic) bond motifs is 1. The molecule has 0 radical (unpaired) electrons. The van der Waals surface area contributed by atoms with Crippen LogP contribution in [0.2, 0.25) is 5.02 Å². The number of halogens is 1. The van der Waals surface area contributed by atoms with E-state index in [0.29, 0.717) is 47.6 Å². The van der Waals surface area contributed by atoms with E-state index < -0.39 is 0 Å². The Morgan fingerprint density at radius 3 is 2.62 bits per heavy atom. The van der Waals surface area contributed by atoms with Crippen LogP contribution in [0.5, 0.6) is 6.01 Å². The topological polar surface area (TPSA) is 97.5 Å². The molecule has 34 heavy (non-hydrogen) atoms. The van der Waals surface area contributed by atoms with Crippen molar-refractivity contribution in [2.45, 2.75) is 0 Å². The Hall–Kier alpha value is -2.92. The van der Waals surface area contributed by atoms with E-state index >= 15 is 0 Å². The highest BCUT2D eigenvalue weighted by Crippen LogP contribution is 2.21. The second kappa shape index (κ2) is 11.0. The molecule has 180 valence electrons. The largest absolute Gasteiger partial charge is 0.464 e. The van der Waals surface area contributed by atoms with Crippen LogP contribution in [0.4, 0.5) is 11.6 Å². The molecule has 2 aliphatic rings. The van der Waals surface area contributed by atoms with E-state index in [2.05, 4.69) is 30.3 Å². The molecule has 0 saturated carbocycles. The van der Waals surface area contributed by atoms with Crippen molar-refractivity contribution < 1.29 is 18.6 Å². The van der Waals surface area contributed by atoms with Crippen LogP contribution in [0.25, 0.3) is 11.0 Å². The van der Waals surface area contributed by atoms with Gasteiger partial charge in [0, 0.05) is 55.3 Å². The van der Waals surface area contributed by atoms with E-state index in [1.807, 2.05) is 18.2 Å². The van der Waals surface area contributed by atoms with Crippen molar-refractivity contribution >= 4 is 34.2 Å². The minimum absolute atomic E-state index is 0.311. The fourth-order valence-corrected chi connectivity index (χ4v) is 4.03. The van der Waals surface area contributed by atoms with Gasteiger partial charge in [-0.25, -0.2) is 0 Å². The maximum Gasteiger partial charge on any atom is 0.320 e. The number of aromatic nitrogens is 2. The summed E-state index contributed by atoms with van der Waals surface area (Å²) in [5.41, 5.74) is 3.75. The molecule has 0 spiro atoms. The van der Waals surface area contributed by atoms with Gasteiger partial charge in [0.25, 0.3) is 0 Å². The molecule has 10 nitrogen and oxygen atoms in total. The first-order chi connectivity index (χ1) is 16.7. The zero-order valence-electron chi connectivity index (χ0n) is 18.8. The van der Waals surface area contributed by atoms with Gasteiger partial charge in [-0.2, -0.15) is 15.1 Å². The number of rotatable bonds is 7. The lowest BCUT2D eigenvalue weighted by Crippen LogP contribution is -2.39. The van der Waals surface area contributed by atoms with Crippen LogP contribution in [-0.2, 0) is 9.47 Å². The highest BCUT2D eigenvalue weighted by molar-refractivity contribution is 6.31. The summed E-state index contributed by atoms with van der Waals surface area (Å²) in [4.78, 5) is 13.6. The summed E-state index contributed by atoms with van der Waals surface area (Å²) < 4.78 is 22.4. The maximum absolute atomic E-state index is 6.17. The summed E-state index contributed by atoms with van der Waals surface area (Å²) in [6.07, 6.45) is 1.59. The van der Waals surface area contributed by atoms with Crippen LogP contribution in [0, 0.1) is 0 Å². The van der Waals surface area contributed by atoms with Gasteiger partial charge in [0.1, 0.15) is 18.0 Å². The standard InChI is InChI=1S/C23H27ClN6O4/c24-17-1-2-20-18(15-17)19(3-9-33-20)27-28-21-16-22(30-7-12-32-13-8-30)26-23(25-21)34-14-6-29-4-10-31-11-5-29/h1-3,9,15-16H,4-8,10-14H2,(H,25,26,28)/b27-19+. The van der Waals surface area contributed by atoms with Gasteiger partial charge < -0.3 is 23.5 Å². The van der Waals surface area contributed by atoms with Gasteiger partial charge >= 0.3 is 6.01 Å². The zero-order chi connectivity index (χ0) is 23.2. The average molecular weight is 487 g/mol. The average Bonchev–Trinajstić information content (AvgIpc) is 2.88. The van der Waals surface area contributed by atoms with E-state index in [4.69, 9.17) is 30.2 Å². The van der Waals surface area contributed by atoms with E-state index in [9.17, 15) is 0 Å². The number of hydrogen-bond donors (Lipinski definition) is 1. The Morgan fingerprint density at radius 1 is 1.00 bits per heavy atom. The molecule has 2 fully saturated rings. The van der Waals surface area contributed by atoms with Crippen LogP contribution >= 0.6 is 11.6 Å². The van der Waals surface area contributed by atoms with E-state index in [-0.39, 0.29) is 0 Å². The first-order valence-electron chi connectivity index (χ1n) is 11.4. The Morgan fingerprint density at radius 2 is 1.79 bits per heavy atom. The fraction of sp³-hybridized carbons (Fsp3) is 0.435. The van der Waals surface area contributed by atoms with E-state index in [1.54, 1.807) is 18.4 Å². The number of morpholine rings is 2. The van der Waals surface area contributed by atoms with Gasteiger partial charge in [0.15, 0.2) is 5.82 Å². The smallest absolute Gasteiger partial charge is 0.320 e. The molecule has 5 rings (SSSR count). The molecule has 3 aromatic rings. The number of nitrogens with one attached hydrogen (secondary N) is 1. The van der Waals surface area contributed by atoms with E-state index in [1.165, 1.54) is 0 Å². The predicted molar refractivity (Wildman–Crippen MR) is 128 cm³/mol. The molecule has 11 heteroatoms. The minimum atomic E-state index is 0.311. The monoisotopic (exact) mass is 486 g/mol. The quantitative estimate of drug-likeness (QED) is 0.504. The summed E-state index contributed by atoms with van der Waals surface area (Å²) in [7, 11) is 0. The third-order valence-corrected chi connectivity index (χ3v) is 5.93. The van der Waals surface area contributed by atoms with Gasteiger partial charge in [-0.1, -0.05) is 11.6 Å². The third-order valence-electron chi connectivity index (χ3n) is 5.70. The fourth-order valence-electron chi connectivity index (χ4n) is 3.86.